The Kier molecular flexibility index (Phi) is 7.57. The van der Waals surface area contributed by atoms with E-state index in [0.717, 1.165) is 0 Å². The number of nitrogens with one attached hydrogen (secondary N) is 1. The lowest BCUT2D eigenvalue weighted by molar-refractivity contribution is -0.128. The number of hydrogen-bond acceptors (Lipinski definition) is 6. The van der Waals surface area contributed by atoms with Gasteiger partial charge in [-0.1, -0.05) is 41.6 Å². The van der Waals surface area contributed by atoms with Crippen LogP contribution in [0.15, 0.2) is 72.8 Å². The summed E-state index contributed by atoms with van der Waals surface area (Å²) >= 11 is 0. The van der Waals surface area contributed by atoms with Crippen molar-refractivity contribution in [2.45, 2.75) is 45.8 Å². The highest BCUT2D eigenvalue weighted by Gasteiger charge is 2.35. The van der Waals surface area contributed by atoms with Gasteiger partial charge in [0.1, 0.15) is 23.9 Å². The molecule has 0 saturated heterocycles. The summed E-state index contributed by atoms with van der Waals surface area (Å²) in [5.41, 5.74) is 2.16. The van der Waals surface area contributed by atoms with Crippen molar-refractivity contribution in [3.05, 3.63) is 83.9 Å². The number of carbonyl (C=O) groups excluding carboxylic acids is 3. The van der Waals surface area contributed by atoms with Gasteiger partial charge in [0.15, 0.2) is 5.78 Å². The standard InChI is InChI=1S/C29H31N5O4/c1-19(35)20-10-8-12-22(16-20)34(26(36)18-33-25-15-7-6-14-24(25)31-32-33)27(28(37)30-29(2,3)4)21-11-9-13-23(17-21)38-5/h6-17,27H,18H2,1-5H3,(H,30,37). The van der Waals surface area contributed by atoms with E-state index in [1.807, 2.05) is 45.0 Å². The number of fused-ring (bicyclic) bond motifs is 1. The molecule has 1 aromatic heterocycles. The number of Topliss-reactive ketones (excluding diaryl/α,β-unsaturated/α-hetero) is 1. The van der Waals surface area contributed by atoms with Gasteiger partial charge in [-0.25, -0.2) is 4.68 Å². The fourth-order valence-electron chi connectivity index (χ4n) is 4.22. The topological polar surface area (TPSA) is 106 Å². The van der Waals surface area contributed by atoms with Gasteiger partial charge in [-0.15, -0.1) is 5.10 Å². The predicted octanol–water partition coefficient (Wildman–Crippen LogP) is 4.33. The minimum atomic E-state index is -1.06. The molecule has 9 heteroatoms. The molecule has 0 spiro atoms. The molecule has 0 saturated carbocycles. The predicted molar refractivity (Wildman–Crippen MR) is 145 cm³/mol. The first-order valence-electron chi connectivity index (χ1n) is 12.2. The number of ketones is 1. The molecule has 0 fully saturated rings. The number of amides is 2. The molecule has 0 radical (unpaired) electrons. The van der Waals surface area contributed by atoms with Crippen LogP contribution in [0.4, 0.5) is 5.69 Å². The maximum atomic E-state index is 14.1. The monoisotopic (exact) mass is 513 g/mol. The van der Waals surface area contributed by atoms with Crippen LogP contribution in [0.25, 0.3) is 11.0 Å². The number of carbonyl (C=O) groups is 3. The zero-order chi connectivity index (χ0) is 27.4. The van der Waals surface area contributed by atoms with E-state index < -0.39 is 17.5 Å². The lowest BCUT2D eigenvalue weighted by Crippen LogP contribution is -2.50. The summed E-state index contributed by atoms with van der Waals surface area (Å²) in [5, 5.41) is 11.3. The van der Waals surface area contributed by atoms with Gasteiger partial charge in [0.25, 0.3) is 0 Å². The molecular formula is C29H31N5O4. The van der Waals surface area contributed by atoms with Crippen molar-refractivity contribution in [3.63, 3.8) is 0 Å². The van der Waals surface area contributed by atoms with Crippen molar-refractivity contribution in [2.24, 2.45) is 0 Å². The third-order valence-corrected chi connectivity index (χ3v) is 5.92. The second-order valence-corrected chi connectivity index (χ2v) is 10.0. The van der Waals surface area contributed by atoms with E-state index in [4.69, 9.17) is 4.74 Å². The Morgan fingerprint density at radius 1 is 1.00 bits per heavy atom. The van der Waals surface area contributed by atoms with Crippen molar-refractivity contribution in [3.8, 4) is 5.75 Å². The largest absolute Gasteiger partial charge is 0.497 e. The SMILES string of the molecule is COc1cccc(C(C(=O)NC(C)(C)C)N(C(=O)Cn2nnc3ccccc32)c2cccc(C(C)=O)c2)c1. The van der Waals surface area contributed by atoms with E-state index in [9.17, 15) is 14.4 Å². The molecule has 1 N–H and O–H groups in total. The summed E-state index contributed by atoms with van der Waals surface area (Å²) in [6.07, 6.45) is 0. The number of methoxy groups -OCH3 is 1. The molecule has 0 aliphatic rings. The van der Waals surface area contributed by atoms with E-state index in [-0.39, 0.29) is 18.2 Å². The van der Waals surface area contributed by atoms with E-state index in [2.05, 4.69) is 15.6 Å². The van der Waals surface area contributed by atoms with Gasteiger partial charge in [0, 0.05) is 16.8 Å². The van der Waals surface area contributed by atoms with E-state index in [1.165, 1.54) is 16.5 Å². The Morgan fingerprint density at radius 3 is 2.45 bits per heavy atom. The number of anilines is 1. The van der Waals surface area contributed by atoms with Gasteiger partial charge in [-0.3, -0.25) is 19.3 Å². The number of aromatic nitrogens is 3. The third-order valence-electron chi connectivity index (χ3n) is 5.92. The quantitative estimate of drug-likeness (QED) is 0.352. The van der Waals surface area contributed by atoms with Gasteiger partial charge in [0.2, 0.25) is 11.8 Å². The zero-order valence-corrected chi connectivity index (χ0v) is 22.1. The Hall–Kier alpha value is -4.53. The molecule has 0 aliphatic heterocycles. The molecule has 4 rings (SSSR count). The van der Waals surface area contributed by atoms with Crippen molar-refractivity contribution in [1.82, 2.24) is 20.3 Å². The first-order valence-corrected chi connectivity index (χ1v) is 12.2. The number of benzene rings is 3. The van der Waals surface area contributed by atoms with Crippen LogP contribution in [0, 0.1) is 0 Å². The zero-order valence-electron chi connectivity index (χ0n) is 22.1. The van der Waals surface area contributed by atoms with Gasteiger partial charge in [-0.05, 0) is 69.7 Å². The molecule has 2 amide bonds. The second-order valence-electron chi connectivity index (χ2n) is 10.0. The fourth-order valence-corrected chi connectivity index (χ4v) is 4.22. The Morgan fingerprint density at radius 2 is 1.74 bits per heavy atom. The highest BCUT2D eigenvalue weighted by atomic mass is 16.5. The third kappa shape index (κ3) is 5.88. The number of para-hydroxylation sites is 1. The first-order chi connectivity index (χ1) is 18.1. The average molecular weight is 514 g/mol. The van der Waals surface area contributed by atoms with Crippen LogP contribution in [0.2, 0.25) is 0 Å². The number of rotatable bonds is 8. The average Bonchev–Trinajstić information content (AvgIpc) is 3.28. The van der Waals surface area contributed by atoms with Gasteiger partial charge in [0.05, 0.1) is 12.6 Å². The molecule has 1 atom stereocenters. The van der Waals surface area contributed by atoms with Crippen molar-refractivity contribution < 1.29 is 19.1 Å². The van der Waals surface area contributed by atoms with Crippen LogP contribution in [-0.4, -0.2) is 45.2 Å². The lowest BCUT2D eigenvalue weighted by Gasteiger charge is -2.34. The van der Waals surface area contributed by atoms with E-state index in [0.29, 0.717) is 33.6 Å². The van der Waals surface area contributed by atoms with E-state index in [1.54, 1.807) is 55.6 Å². The van der Waals surface area contributed by atoms with Crippen molar-refractivity contribution in [2.75, 3.05) is 12.0 Å². The Balaban J connectivity index is 1.87. The molecule has 38 heavy (non-hydrogen) atoms. The maximum Gasteiger partial charge on any atom is 0.249 e. The number of ether oxygens (including phenoxy) is 1. The van der Waals surface area contributed by atoms with Crippen LogP contribution < -0.4 is 15.0 Å². The minimum absolute atomic E-state index is 0.154. The summed E-state index contributed by atoms with van der Waals surface area (Å²) in [6.45, 7) is 6.90. The summed E-state index contributed by atoms with van der Waals surface area (Å²) in [6, 6.07) is 20.0. The van der Waals surface area contributed by atoms with Gasteiger partial charge < -0.3 is 10.1 Å². The van der Waals surface area contributed by atoms with Gasteiger partial charge in [-0.2, -0.15) is 0 Å². The number of nitrogens with zero attached hydrogens (tertiary/aromatic N) is 4. The minimum Gasteiger partial charge on any atom is -0.497 e. The summed E-state index contributed by atoms with van der Waals surface area (Å²) < 4.78 is 6.92. The Bertz CT molecular complexity index is 1490. The van der Waals surface area contributed by atoms with Crippen molar-refractivity contribution >= 4 is 34.3 Å². The van der Waals surface area contributed by atoms with Crippen LogP contribution in [0.1, 0.15) is 49.7 Å². The molecule has 4 aromatic rings. The second kappa shape index (κ2) is 10.8. The summed E-state index contributed by atoms with van der Waals surface area (Å²) in [7, 11) is 1.54. The molecule has 0 bridgehead atoms. The van der Waals surface area contributed by atoms with Crippen LogP contribution in [0.5, 0.6) is 5.75 Å². The molecular weight excluding hydrogens is 482 g/mol. The van der Waals surface area contributed by atoms with E-state index >= 15 is 0 Å². The van der Waals surface area contributed by atoms with Crippen LogP contribution in [0.3, 0.4) is 0 Å². The van der Waals surface area contributed by atoms with Gasteiger partial charge >= 0.3 is 0 Å². The lowest BCUT2D eigenvalue weighted by atomic mass is 9.99. The summed E-state index contributed by atoms with van der Waals surface area (Å²) in [4.78, 5) is 41.6. The normalized spacial score (nSPS) is 12.1. The number of hydrogen-bond donors (Lipinski definition) is 1. The highest BCUT2D eigenvalue weighted by molar-refractivity contribution is 6.03. The first kappa shape index (κ1) is 26.5. The highest BCUT2D eigenvalue weighted by Crippen LogP contribution is 2.31. The molecule has 196 valence electrons. The molecule has 1 heterocycles. The van der Waals surface area contributed by atoms with Crippen molar-refractivity contribution in [1.29, 1.82) is 0 Å². The molecule has 9 nitrogen and oxygen atoms in total. The molecule has 3 aromatic carbocycles. The fraction of sp³-hybridized carbons (Fsp3) is 0.276. The van der Waals surface area contributed by atoms with Crippen LogP contribution in [-0.2, 0) is 16.1 Å². The molecule has 1 unspecified atom stereocenters. The smallest absolute Gasteiger partial charge is 0.249 e. The van der Waals surface area contributed by atoms with Crippen LogP contribution >= 0.6 is 0 Å². The molecule has 0 aliphatic carbocycles. The summed E-state index contributed by atoms with van der Waals surface area (Å²) in [5.74, 6) is -0.393. The Labute approximate surface area is 221 Å². The maximum absolute atomic E-state index is 14.1.